The maximum atomic E-state index is 13.4. The lowest BCUT2D eigenvalue weighted by molar-refractivity contribution is -0.385. The predicted molar refractivity (Wildman–Crippen MR) is 87.0 cm³/mol. The highest BCUT2D eigenvalue weighted by Gasteiger charge is 2.31. The molecule has 8 nitrogen and oxygen atoms in total. The van der Waals surface area contributed by atoms with E-state index in [2.05, 4.69) is 10.4 Å². The smallest absolute Gasteiger partial charge is 0.272 e. The van der Waals surface area contributed by atoms with Crippen LogP contribution in [0.2, 0.25) is 0 Å². The average Bonchev–Trinajstić information content (AvgIpc) is 2.97. The molecule has 1 unspecified atom stereocenters. The SMILES string of the molecule is Cc1cc(CN2N=NN(c3cccc(F)c3)C2C=O)ccc1[N+](=O)[O-]. The molecule has 1 aliphatic heterocycles. The second-order valence-electron chi connectivity index (χ2n) is 5.53. The van der Waals surface area contributed by atoms with Crippen LogP contribution >= 0.6 is 0 Å². The number of anilines is 1. The summed E-state index contributed by atoms with van der Waals surface area (Å²) in [5.74, 6) is -0.443. The quantitative estimate of drug-likeness (QED) is 0.472. The molecule has 0 aromatic heterocycles. The Labute approximate surface area is 142 Å². The van der Waals surface area contributed by atoms with Crippen LogP contribution in [0.4, 0.5) is 15.8 Å². The zero-order chi connectivity index (χ0) is 18.0. The summed E-state index contributed by atoms with van der Waals surface area (Å²) >= 11 is 0. The first-order valence-corrected chi connectivity index (χ1v) is 7.42. The highest BCUT2D eigenvalue weighted by molar-refractivity contribution is 5.65. The van der Waals surface area contributed by atoms with Gasteiger partial charge in [-0.1, -0.05) is 17.4 Å². The van der Waals surface area contributed by atoms with Crippen LogP contribution in [0, 0.1) is 22.9 Å². The third-order valence-corrected chi connectivity index (χ3v) is 3.80. The molecule has 1 heterocycles. The maximum absolute atomic E-state index is 13.4. The molecule has 0 bridgehead atoms. The number of hydrogen-bond donors (Lipinski definition) is 0. The first-order valence-electron chi connectivity index (χ1n) is 7.42. The first-order chi connectivity index (χ1) is 12.0. The fraction of sp³-hybridized carbons (Fsp3) is 0.188. The van der Waals surface area contributed by atoms with Crippen molar-refractivity contribution in [2.24, 2.45) is 10.4 Å². The molecule has 0 spiro atoms. The number of nitro benzene ring substituents is 1. The van der Waals surface area contributed by atoms with Crippen molar-refractivity contribution in [1.82, 2.24) is 5.01 Å². The molecule has 0 saturated heterocycles. The van der Waals surface area contributed by atoms with Crippen LogP contribution < -0.4 is 5.01 Å². The first kappa shape index (κ1) is 16.5. The van der Waals surface area contributed by atoms with E-state index in [-0.39, 0.29) is 12.2 Å². The molecule has 1 atom stereocenters. The molecule has 0 fully saturated rings. The van der Waals surface area contributed by atoms with Gasteiger partial charge in [0.25, 0.3) is 5.69 Å². The van der Waals surface area contributed by atoms with Crippen LogP contribution in [-0.4, -0.2) is 22.4 Å². The second-order valence-corrected chi connectivity index (χ2v) is 5.53. The summed E-state index contributed by atoms with van der Waals surface area (Å²) in [6, 6.07) is 10.4. The zero-order valence-corrected chi connectivity index (χ0v) is 13.2. The summed E-state index contributed by atoms with van der Waals surface area (Å²) in [6.07, 6.45) is -0.166. The van der Waals surface area contributed by atoms with Gasteiger partial charge in [-0.3, -0.25) is 14.9 Å². The highest BCUT2D eigenvalue weighted by Crippen LogP contribution is 2.27. The standard InChI is InChI=1S/C16H14FN5O3/c1-11-7-12(5-6-15(11)22(24)25)9-20-16(10-23)21(19-18-20)14-4-2-3-13(17)8-14/h2-8,10,16H,9H2,1H3. The fourth-order valence-corrected chi connectivity index (χ4v) is 2.61. The number of carbonyl (C=O) groups is 1. The van der Waals surface area contributed by atoms with Crippen molar-refractivity contribution in [2.45, 2.75) is 19.6 Å². The van der Waals surface area contributed by atoms with Gasteiger partial charge in [-0.25, -0.2) is 14.4 Å². The lowest BCUT2D eigenvalue weighted by atomic mass is 10.1. The fourth-order valence-electron chi connectivity index (χ4n) is 2.61. The van der Waals surface area contributed by atoms with Gasteiger partial charge in [0, 0.05) is 11.6 Å². The number of nitrogens with zero attached hydrogens (tertiary/aromatic N) is 5. The molecule has 128 valence electrons. The summed E-state index contributed by atoms with van der Waals surface area (Å²) < 4.78 is 13.4. The Hall–Kier alpha value is -3.36. The number of halogens is 1. The van der Waals surface area contributed by atoms with Crippen LogP contribution in [0.25, 0.3) is 0 Å². The number of aldehydes is 1. The molecule has 9 heteroatoms. The molecule has 2 aromatic rings. The Morgan fingerprint density at radius 1 is 1.28 bits per heavy atom. The van der Waals surface area contributed by atoms with Crippen LogP contribution in [-0.2, 0) is 11.3 Å². The molecule has 2 aromatic carbocycles. The summed E-state index contributed by atoms with van der Waals surface area (Å²) in [5, 5.41) is 21.5. The van der Waals surface area contributed by atoms with Crippen molar-refractivity contribution in [3.05, 3.63) is 69.5 Å². The third-order valence-electron chi connectivity index (χ3n) is 3.80. The minimum absolute atomic E-state index is 0.0279. The van der Waals surface area contributed by atoms with Crippen molar-refractivity contribution in [2.75, 3.05) is 5.01 Å². The molecular formula is C16H14FN5O3. The Morgan fingerprint density at radius 3 is 2.72 bits per heavy atom. The second kappa shape index (κ2) is 6.63. The molecule has 25 heavy (non-hydrogen) atoms. The minimum atomic E-state index is -0.822. The topological polar surface area (TPSA) is 91.4 Å². The Balaban J connectivity index is 1.80. The van der Waals surface area contributed by atoms with E-state index in [1.54, 1.807) is 25.1 Å². The van der Waals surface area contributed by atoms with Gasteiger partial charge in [-0.2, -0.15) is 0 Å². The van der Waals surface area contributed by atoms with E-state index < -0.39 is 16.9 Å². The molecule has 1 aliphatic rings. The summed E-state index contributed by atoms with van der Waals surface area (Å²) in [5.41, 5.74) is 1.70. The van der Waals surface area contributed by atoms with Crippen LogP contribution in [0.3, 0.4) is 0 Å². The number of aryl methyl sites for hydroxylation is 1. The van der Waals surface area contributed by atoms with Gasteiger partial charge in [0.1, 0.15) is 5.82 Å². The highest BCUT2D eigenvalue weighted by atomic mass is 19.1. The predicted octanol–water partition coefficient (Wildman–Crippen LogP) is 3.17. The van der Waals surface area contributed by atoms with E-state index in [9.17, 15) is 19.3 Å². The average molecular weight is 343 g/mol. The van der Waals surface area contributed by atoms with Gasteiger partial charge in [0.05, 0.1) is 17.2 Å². The molecule has 0 saturated carbocycles. The number of rotatable bonds is 5. The van der Waals surface area contributed by atoms with Crippen molar-refractivity contribution in [3.8, 4) is 0 Å². The van der Waals surface area contributed by atoms with Gasteiger partial charge in [0.2, 0.25) is 0 Å². The van der Waals surface area contributed by atoms with Crippen molar-refractivity contribution >= 4 is 17.7 Å². The van der Waals surface area contributed by atoms with Crippen molar-refractivity contribution in [3.63, 3.8) is 0 Å². The Bertz CT molecular complexity index is 857. The van der Waals surface area contributed by atoms with Crippen LogP contribution in [0.5, 0.6) is 0 Å². The normalized spacial score (nSPS) is 16.3. The van der Waals surface area contributed by atoms with E-state index in [1.165, 1.54) is 34.3 Å². The molecule has 0 aliphatic carbocycles. The summed E-state index contributed by atoms with van der Waals surface area (Å²) in [7, 11) is 0. The Morgan fingerprint density at radius 2 is 2.08 bits per heavy atom. The molecular weight excluding hydrogens is 329 g/mol. The van der Waals surface area contributed by atoms with Gasteiger partial charge < -0.3 is 0 Å². The Kier molecular flexibility index (Phi) is 4.38. The minimum Gasteiger partial charge on any atom is -0.299 e. The maximum Gasteiger partial charge on any atom is 0.272 e. The largest absolute Gasteiger partial charge is 0.299 e. The summed E-state index contributed by atoms with van der Waals surface area (Å²) in [4.78, 5) is 21.9. The monoisotopic (exact) mass is 343 g/mol. The van der Waals surface area contributed by atoms with E-state index in [1.807, 2.05) is 0 Å². The lowest BCUT2D eigenvalue weighted by Gasteiger charge is -2.23. The van der Waals surface area contributed by atoms with E-state index in [0.717, 1.165) is 5.56 Å². The van der Waals surface area contributed by atoms with E-state index >= 15 is 0 Å². The van der Waals surface area contributed by atoms with E-state index in [4.69, 9.17) is 0 Å². The number of carbonyl (C=O) groups excluding carboxylic acids is 1. The number of hydrogen-bond acceptors (Lipinski definition) is 7. The lowest BCUT2D eigenvalue weighted by Crippen LogP contribution is -2.39. The van der Waals surface area contributed by atoms with Crippen LogP contribution in [0.1, 0.15) is 11.1 Å². The van der Waals surface area contributed by atoms with Crippen molar-refractivity contribution in [1.29, 1.82) is 0 Å². The van der Waals surface area contributed by atoms with E-state index in [0.29, 0.717) is 17.5 Å². The van der Waals surface area contributed by atoms with Gasteiger partial charge >= 0.3 is 0 Å². The number of benzene rings is 2. The number of nitro groups is 1. The molecule has 0 N–H and O–H groups in total. The zero-order valence-electron chi connectivity index (χ0n) is 13.2. The molecule has 0 radical (unpaired) electrons. The van der Waals surface area contributed by atoms with Gasteiger partial charge in [-0.05, 0) is 42.0 Å². The molecule has 3 rings (SSSR count). The molecule has 0 amide bonds. The van der Waals surface area contributed by atoms with Gasteiger partial charge in [0.15, 0.2) is 12.5 Å². The summed E-state index contributed by atoms with van der Waals surface area (Å²) in [6.45, 7) is 1.88. The third kappa shape index (κ3) is 3.30. The van der Waals surface area contributed by atoms with Gasteiger partial charge in [-0.15, -0.1) is 0 Å². The van der Waals surface area contributed by atoms with Crippen molar-refractivity contribution < 1.29 is 14.1 Å². The van der Waals surface area contributed by atoms with Crippen LogP contribution in [0.15, 0.2) is 52.9 Å².